The summed E-state index contributed by atoms with van der Waals surface area (Å²) in [4.78, 5) is 6.81. The molecule has 7 heteroatoms. The van der Waals surface area contributed by atoms with Crippen molar-refractivity contribution in [3.63, 3.8) is 0 Å². The second-order valence-corrected chi connectivity index (χ2v) is 2.37. The Morgan fingerprint density at radius 2 is 2.08 bits per heavy atom. The Bertz CT molecular complexity index is 407. The molecule has 0 saturated carbocycles. The molecule has 0 radical (unpaired) electrons. The number of hydrogen-bond acceptors (Lipinski definition) is 6. The van der Waals surface area contributed by atoms with Crippen LogP contribution in [0, 0.1) is 0 Å². The fourth-order valence-electron chi connectivity index (χ4n) is 0.914. The van der Waals surface area contributed by atoms with Gasteiger partial charge in [-0.25, -0.2) is 4.98 Å². The first-order chi connectivity index (χ1) is 6.29. The van der Waals surface area contributed by atoms with Gasteiger partial charge >= 0.3 is 0 Å². The van der Waals surface area contributed by atoms with Crippen molar-refractivity contribution in [1.29, 1.82) is 0 Å². The second-order valence-electron chi connectivity index (χ2n) is 2.37. The number of rotatable bonds is 1. The molecule has 0 aliphatic heterocycles. The normalized spacial score (nSPS) is 10.2. The van der Waals surface area contributed by atoms with E-state index in [1.165, 1.54) is 0 Å². The lowest BCUT2D eigenvalue weighted by molar-refractivity contribution is 0.877. The Labute approximate surface area is 73.2 Å². The number of nitrogen functional groups attached to an aromatic ring is 2. The largest absolute Gasteiger partial charge is 0.394 e. The summed E-state index contributed by atoms with van der Waals surface area (Å²) in [5.41, 5.74) is 11.8. The van der Waals surface area contributed by atoms with E-state index in [4.69, 9.17) is 11.5 Å². The van der Waals surface area contributed by atoms with E-state index >= 15 is 0 Å². The van der Waals surface area contributed by atoms with Gasteiger partial charge in [0.1, 0.15) is 5.69 Å². The number of hydrogen-bond donors (Lipinski definition) is 3. The Morgan fingerprint density at radius 3 is 2.77 bits per heavy atom. The summed E-state index contributed by atoms with van der Waals surface area (Å²) in [6.45, 7) is 0. The summed E-state index contributed by atoms with van der Waals surface area (Å²) < 4.78 is 0. The van der Waals surface area contributed by atoms with E-state index in [9.17, 15) is 0 Å². The van der Waals surface area contributed by atoms with Crippen LogP contribution in [-0.4, -0.2) is 25.4 Å². The molecule has 2 aromatic heterocycles. The minimum atomic E-state index is 0.154. The molecular formula is C6H7N7. The van der Waals surface area contributed by atoms with E-state index in [2.05, 4.69) is 25.4 Å². The zero-order chi connectivity index (χ0) is 9.26. The van der Waals surface area contributed by atoms with Crippen LogP contribution in [0.4, 0.5) is 11.5 Å². The van der Waals surface area contributed by atoms with Crippen molar-refractivity contribution in [3.05, 3.63) is 12.4 Å². The van der Waals surface area contributed by atoms with Crippen LogP contribution in [-0.2, 0) is 0 Å². The first-order valence-electron chi connectivity index (χ1n) is 3.53. The smallest absolute Gasteiger partial charge is 0.173 e. The standard InChI is InChI=1S/C6H7N7/c7-3-4(6-9-1-2-10-6)11-13-12-5(3)8/h1-2H,(H2,7,13)(H,9,10)(H2,8,11,12). The SMILES string of the molecule is Nc1nnnc(-c2ncc[nH]2)c1N. The third kappa shape index (κ3) is 1.15. The second kappa shape index (κ2) is 2.70. The Morgan fingerprint density at radius 1 is 1.23 bits per heavy atom. The Balaban J connectivity index is 2.59. The molecule has 66 valence electrons. The lowest BCUT2D eigenvalue weighted by atomic mass is 10.3. The van der Waals surface area contributed by atoms with Gasteiger partial charge < -0.3 is 16.5 Å². The van der Waals surface area contributed by atoms with Crippen LogP contribution >= 0.6 is 0 Å². The maximum Gasteiger partial charge on any atom is 0.173 e. The van der Waals surface area contributed by atoms with E-state index in [1.807, 2.05) is 0 Å². The van der Waals surface area contributed by atoms with Crippen LogP contribution in [0.25, 0.3) is 11.5 Å². The van der Waals surface area contributed by atoms with Gasteiger partial charge in [-0.2, -0.15) is 0 Å². The minimum Gasteiger partial charge on any atom is -0.394 e. The summed E-state index contributed by atoms with van der Waals surface area (Å²) >= 11 is 0. The van der Waals surface area contributed by atoms with Crippen LogP contribution in [0.1, 0.15) is 0 Å². The molecule has 0 aliphatic carbocycles. The van der Waals surface area contributed by atoms with E-state index in [-0.39, 0.29) is 11.5 Å². The molecule has 0 aliphatic rings. The Hall–Kier alpha value is -2.18. The fraction of sp³-hybridized carbons (Fsp3) is 0. The van der Waals surface area contributed by atoms with Gasteiger partial charge in [0, 0.05) is 12.4 Å². The quantitative estimate of drug-likeness (QED) is 0.536. The summed E-state index contributed by atoms with van der Waals surface area (Å²) in [5.74, 6) is 0.681. The monoisotopic (exact) mass is 177 g/mol. The van der Waals surface area contributed by atoms with Crippen LogP contribution < -0.4 is 11.5 Å². The number of aromatic nitrogens is 5. The first-order valence-corrected chi connectivity index (χ1v) is 3.53. The van der Waals surface area contributed by atoms with Crippen molar-refractivity contribution in [2.24, 2.45) is 0 Å². The number of H-pyrrole nitrogens is 1. The first kappa shape index (κ1) is 7.47. The predicted molar refractivity (Wildman–Crippen MR) is 46.2 cm³/mol. The lowest BCUT2D eigenvalue weighted by Gasteiger charge is -2.00. The van der Waals surface area contributed by atoms with Gasteiger partial charge in [0.15, 0.2) is 17.3 Å². The molecule has 0 bridgehead atoms. The zero-order valence-electron chi connectivity index (χ0n) is 6.60. The van der Waals surface area contributed by atoms with Crippen molar-refractivity contribution >= 4 is 11.5 Å². The maximum atomic E-state index is 5.62. The van der Waals surface area contributed by atoms with Gasteiger partial charge in [-0.1, -0.05) is 0 Å². The van der Waals surface area contributed by atoms with Gasteiger partial charge in [-0.05, 0) is 5.21 Å². The molecule has 2 aromatic rings. The van der Waals surface area contributed by atoms with E-state index in [1.54, 1.807) is 12.4 Å². The summed E-state index contributed by atoms with van der Waals surface area (Å²) in [7, 11) is 0. The summed E-state index contributed by atoms with van der Waals surface area (Å²) in [6.07, 6.45) is 3.25. The number of nitrogens with zero attached hydrogens (tertiary/aromatic N) is 4. The van der Waals surface area contributed by atoms with Crippen molar-refractivity contribution in [2.45, 2.75) is 0 Å². The predicted octanol–water partition coefficient (Wildman–Crippen LogP) is -0.574. The number of aromatic amines is 1. The van der Waals surface area contributed by atoms with Gasteiger partial charge in [-0.3, -0.25) is 0 Å². The number of anilines is 2. The molecule has 0 unspecified atom stereocenters. The highest BCUT2D eigenvalue weighted by molar-refractivity contribution is 5.74. The average molecular weight is 177 g/mol. The number of nitrogens with two attached hydrogens (primary N) is 2. The molecule has 13 heavy (non-hydrogen) atoms. The molecule has 0 fully saturated rings. The highest BCUT2D eigenvalue weighted by atomic mass is 15.3. The molecule has 0 amide bonds. The average Bonchev–Trinajstić information content (AvgIpc) is 2.62. The topological polar surface area (TPSA) is 119 Å². The fourth-order valence-corrected chi connectivity index (χ4v) is 0.914. The van der Waals surface area contributed by atoms with Crippen LogP contribution in [0.3, 0.4) is 0 Å². The van der Waals surface area contributed by atoms with Crippen molar-refractivity contribution in [1.82, 2.24) is 25.4 Å². The molecule has 5 N–H and O–H groups in total. The van der Waals surface area contributed by atoms with Gasteiger partial charge in [-0.15, -0.1) is 10.2 Å². The van der Waals surface area contributed by atoms with Gasteiger partial charge in [0.05, 0.1) is 0 Å². The number of nitrogens with one attached hydrogen (secondary N) is 1. The van der Waals surface area contributed by atoms with Crippen molar-refractivity contribution < 1.29 is 0 Å². The highest BCUT2D eigenvalue weighted by Gasteiger charge is 2.10. The Kier molecular flexibility index (Phi) is 1.55. The molecule has 0 atom stereocenters. The molecule has 2 rings (SSSR count). The van der Waals surface area contributed by atoms with Crippen LogP contribution in [0.2, 0.25) is 0 Å². The van der Waals surface area contributed by atoms with E-state index in [0.29, 0.717) is 11.5 Å². The third-order valence-electron chi connectivity index (χ3n) is 1.55. The van der Waals surface area contributed by atoms with Crippen molar-refractivity contribution in [2.75, 3.05) is 11.5 Å². The lowest BCUT2D eigenvalue weighted by Crippen LogP contribution is -2.05. The van der Waals surface area contributed by atoms with Gasteiger partial charge in [0.2, 0.25) is 0 Å². The zero-order valence-corrected chi connectivity index (χ0v) is 6.60. The molecule has 0 aromatic carbocycles. The molecular weight excluding hydrogens is 170 g/mol. The van der Waals surface area contributed by atoms with E-state index < -0.39 is 0 Å². The summed E-state index contributed by atoms with van der Waals surface area (Å²) in [5, 5.41) is 10.7. The third-order valence-corrected chi connectivity index (χ3v) is 1.55. The van der Waals surface area contributed by atoms with Crippen LogP contribution in [0.5, 0.6) is 0 Å². The van der Waals surface area contributed by atoms with Gasteiger partial charge in [0.25, 0.3) is 0 Å². The van der Waals surface area contributed by atoms with Crippen molar-refractivity contribution in [3.8, 4) is 11.5 Å². The maximum absolute atomic E-state index is 5.62. The minimum absolute atomic E-state index is 0.154. The summed E-state index contributed by atoms with van der Waals surface area (Å²) in [6, 6.07) is 0. The van der Waals surface area contributed by atoms with E-state index in [0.717, 1.165) is 0 Å². The number of imidazole rings is 1. The highest BCUT2D eigenvalue weighted by Crippen LogP contribution is 2.21. The molecule has 0 saturated heterocycles. The molecule has 2 heterocycles. The van der Waals surface area contributed by atoms with Crippen LogP contribution in [0.15, 0.2) is 12.4 Å². The molecule has 0 spiro atoms. The molecule has 7 nitrogen and oxygen atoms in total.